The number of benzene rings is 2. The molecule has 1 saturated heterocycles. The Hall–Kier alpha value is -5.98. The highest BCUT2D eigenvalue weighted by atomic mass is 19.1. The van der Waals surface area contributed by atoms with E-state index < -0.39 is 59.6 Å². The first kappa shape index (κ1) is 32.0. The van der Waals surface area contributed by atoms with Crippen molar-refractivity contribution < 1.29 is 61.7 Å². The Morgan fingerprint density at radius 1 is 1.04 bits per heavy atom. The molecular weight excluding hydrogens is 649 g/mol. The van der Waals surface area contributed by atoms with Crippen molar-refractivity contribution in [2.24, 2.45) is 5.11 Å². The highest BCUT2D eigenvalue weighted by molar-refractivity contribution is 6.08. The third kappa shape index (κ3) is 4.94. The van der Waals surface area contributed by atoms with Crippen LogP contribution in [0.3, 0.4) is 0 Å². The predicted octanol–water partition coefficient (Wildman–Crippen LogP) is 1.56. The monoisotopic (exact) mass is 673 g/mol. The number of aliphatic hydroxyl groups is 1. The number of aromatic nitrogens is 2. The molecule has 4 atom stereocenters. The Morgan fingerprint density at radius 3 is 2.12 bits per heavy atom. The van der Waals surface area contributed by atoms with Gasteiger partial charge in [0.1, 0.15) is 0 Å². The molecule has 0 aliphatic carbocycles. The van der Waals surface area contributed by atoms with Crippen LogP contribution in [-0.2, 0) is 14.2 Å². The zero-order chi connectivity index (χ0) is 34.3. The van der Waals surface area contributed by atoms with Gasteiger partial charge >= 0.3 is 17.6 Å². The fraction of sp³-hybridized carbons (Fsp3) is 0.357. The van der Waals surface area contributed by atoms with E-state index in [1.165, 1.54) is 20.3 Å². The number of methoxy groups -OCH3 is 3. The van der Waals surface area contributed by atoms with Gasteiger partial charge in [-0.1, -0.05) is 5.11 Å². The van der Waals surface area contributed by atoms with Gasteiger partial charge in [-0.3, -0.25) is 14.3 Å². The molecule has 1 aromatic heterocycles. The smallest absolute Gasteiger partial charge is 0.339 e. The van der Waals surface area contributed by atoms with E-state index in [0.29, 0.717) is 4.57 Å². The average Bonchev–Trinajstić information content (AvgIpc) is 3.82. The lowest BCUT2D eigenvalue weighted by Gasteiger charge is -2.27. The molecule has 0 unspecified atom stereocenters. The van der Waals surface area contributed by atoms with Crippen LogP contribution in [0.15, 0.2) is 39.1 Å². The number of carbonyl (C=O) groups excluding carboxylic acids is 2. The number of H-pyrrole nitrogens is 1. The number of ether oxygens (including phenoxy) is 9. The summed E-state index contributed by atoms with van der Waals surface area (Å²) in [5.41, 5.74) is 3.87. The molecule has 19 nitrogen and oxygen atoms in total. The molecule has 4 heterocycles. The average molecular weight is 674 g/mol. The molecule has 2 N–H and O–H groups in total. The van der Waals surface area contributed by atoms with E-state index in [9.17, 15) is 29.8 Å². The number of azide groups is 1. The molecule has 3 aliphatic rings. The van der Waals surface area contributed by atoms with E-state index in [-0.39, 0.29) is 64.8 Å². The van der Waals surface area contributed by atoms with Crippen molar-refractivity contribution in [3.63, 3.8) is 0 Å². The van der Waals surface area contributed by atoms with Crippen molar-refractivity contribution in [1.82, 2.24) is 9.55 Å². The Bertz CT molecular complexity index is 1990. The van der Waals surface area contributed by atoms with Crippen molar-refractivity contribution in [3.05, 3.63) is 66.8 Å². The van der Waals surface area contributed by atoms with Gasteiger partial charge in [-0.15, -0.1) is 0 Å². The number of carbonyl (C=O) groups is 2. The van der Waals surface area contributed by atoms with Crippen molar-refractivity contribution >= 4 is 11.9 Å². The molecule has 48 heavy (non-hydrogen) atoms. The number of alkyl halides is 1. The number of rotatable bonds is 9. The molecule has 1 fully saturated rings. The van der Waals surface area contributed by atoms with Gasteiger partial charge in [0.2, 0.25) is 30.8 Å². The van der Waals surface area contributed by atoms with Gasteiger partial charge < -0.3 is 47.7 Å². The lowest BCUT2D eigenvalue weighted by atomic mass is 9.91. The minimum absolute atomic E-state index is 0.0116. The SMILES string of the molecule is COC(=O)c1cc2c(c(OC)c1-c1c(C(=O)O[C@H]3[C@H](F)[C@H](n4ccc(=O)[nH]c4=O)O[C@@]3(CO)N=[N+]=[N-])cc3c(c1OC)OCO3)OCO2. The van der Waals surface area contributed by atoms with Crippen LogP contribution in [0.4, 0.5) is 4.39 Å². The van der Waals surface area contributed by atoms with E-state index in [1.54, 1.807) is 0 Å². The van der Waals surface area contributed by atoms with Crippen molar-refractivity contribution in [2.75, 3.05) is 41.5 Å². The van der Waals surface area contributed by atoms with Gasteiger partial charge in [0, 0.05) is 28.3 Å². The van der Waals surface area contributed by atoms with Crippen LogP contribution >= 0.6 is 0 Å². The van der Waals surface area contributed by atoms with Crippen LogP contribution in [0.5, 0.6) is 34.5 Å². The van der Waals surface area contributed by atoms with Gasteiger partial charge in [0.05, 0.1) is 39.1 Å². The number of nitrogens with zero attached hydrogens (tertiary/aromatic N) is 4. The summed E-state index contributed by atoms with van der Waals surface area (Å²) < 4.78 is 66.4. The Balaban J connectivity index is 1.55. The first-order valence-corrected chi connectivity index (χ1v) is 13.7. The quantitative estimate of drug-likeness (QED) is 0.142. The van der Waals surface area contributed by atoms with Crippen LogP contribution < -0.4 is 39.7 Å². The van der Waals surface area contributed by atoms with Crippen molar-refractivity contribution in [3.8, 4) is 45.6 Å². The largest absolute Gasteiger partial charge is 0.492 e. The van der Waals surface area contributed by atoms with E-state index >= 15 is 4.39 Å². The van der Waals surface area contributed by atoms with E-state index in [0.717, 1.165) is 25.4 Å². The zero-order valence-corrected chi connectivity index (χ0v) is 25.1. The Labute approximate surface area is 266 Å². The minimum atomic E-state index is -2.60. The first-order valence-electron chi connectivity index (χ1n) is 13.7. The first-order chi connectivity index (χ1) is 23.1. The number of hydrogen-bond acceptors (Lipinski definition) is 15. The summed E-state index contributed by atoms with van der Waals surface area (Å²) in [6.45, 7) is -1.75. The van der Waals surface area contributed by atoms with Crippen molar-refractivity contribution in [2.45, 2.75) is 24.2 Å². The second kappa shape index (κ2) is 12.3. The molecule has 0 saturated carbocycles. The lowest BCUT2D eigenvalue weighted by molar-refractivity contribution is -0.126. The number of fused-ring (bicyclic) bond motifs is 2. The maximum atomic E-state index is 16.2. The van der Waals surface area contributed by atoms with Crippen LogP contribution in [-0.4, -0.2) is 86.1 Å². The standard InChI is InChI=1S/C28H24FN5O14/c1-40-21-16(11(25(37)42-3)6-13-19(21)45-9-43-13)17-12(7-14-20(22(17)41-2)46-10-44-14)26(38)47-23-18(29)24(48-28(23,8-35)32-33-30)34-5-4-15(36)31-27(34)39/h4-7,18,23-24,35H,8-10H2,1-3H3,(H,31,36,39)/t18-,23-,24+,28+/m0/s1. The maximum Gasteiger partial charge on any atom is 0.339 e. The summed E-state index contributed by atoms with van der Waals surface area (Å²) in [6.07, 6.45) is -5.71. The van der Waals surface area contributed by atoms with E-state index in [4.69, 9.17) is 42.6 Å². The van der Waals surface area contributed by atoms with Gasteiger partial charge in [0.15, 0.2) is 41.5 Å². The molecule has 0 bridgehead atoms. The predicted molar refractivity (Wildman–Crippen MR) is 153 cm³/mol. The molecule has 3 aromatic rings. The van der Waals surface area contributed by atoms with Gasteiger partial charge in [-0.05, 0) is 17.7 Å². The number of esters is 2. The number of nitrogens with one attached hydrogen (secondary N) is 1. The molecule has 0 amide bonds. The van der Waals surface area contributed by atoms with Gasteiger partial charge in [-0.2, -0.15) is 0 Å². The summed E-state index contributed by atoms with van der Waals surface area (Å²) in [7, 11) is 3.61. The summed E-state index contributed by atoms with van der Waals surface area (Å²) in [6, 6.07) is 3.35. The van der Waals surface area contributed by atoms with Gasteiger partial charge in [-0.25, -0.2) is 18.8 Å². The lowest BCUT2D eigenvalue weighted by Crippen LogP contribution is -2.46. The van der Waals surface area contributed by atoms with Gasteiger partial charge in [0.25, 0.3) is 5.56 Å². The number of aliphatic hydroxyl groups excluding tert-OH is 1. The number of hydrogen-bond donors (Lipinski definition) is 2. The summed E-state index contributed by atoms with van der Waals surface area (Å²) >= 11 is 0. The maximum absolute atomic E-state index is 16.2. The van der Waals surface area contributed by atoms with E-state index in [2.05, 4.69) is 10.0 Å². The summed E-state index contributed by atoms with van der Waals surface area (Å²) in [5, 5.41) is 13.7. The fourth-order valence-electron chi connectivity index (χ4n) is 5.57. The molecule has 6 rings (SSSR count). The highest BCUT2D eigenvalue weighted by Gasteiger charge is 2.59. The second-order valence-electron chi connectivity index (χ2n) is 10.1. The van der Waals surface area contributed by atoms with Crippen molar-refractivity contribution in [1.29, 1.82) is 0 Å². The summed E-state index contributed by atoms with van der Waals surface area (Å²) in [5.74, 6) is -2.30. The molecule has 252 valence electrons. The third-order valence-corrected chi connectivity index (χ3v) is 7.65. The number of halogens is 1. The summed E-state index contributed by atoms with van der Waals surface area (Å²) in [4.78, 5) is 56.0. The molecular formula is C28H24FN5O14. The van der Waals surface area contributed by atoms with Crippen LogP contribution in [0, 0.1) is 0 Å². The molecule has 2 aromatic carbocycles. The van der Waals surface area contributed by atoms with Crippen LogP contribution in [0.1, 0.15) is 26.9 Å². The molecule has 0 radical (unpaired) electrons. The Kier molecular flexibility index (Phi) is 8.21. The van der Waals surface area contributed by atoms with Crippen LogP contribution in [0.25, 0.3) is 21.6 Å². The second-order valence-corrected chi connectivity index (χ2v) is 10.1. The Morgan fingerprint density at radius 2 is 1.62 bits per heavy atom. The molecule has 20 heteroatoms. The highest BCUT2D eigenvalue weighted by Crippen LogP contribution is 2.56. The van der Waals surface area contributed by atoms with E-state index in [1.807, 2.05) is 4.98 Å². The number of aromatic amines is 1. The topological polar surface area (TPSA) is 241 Å². The molecule has 0 spiro atoms. The molecule has 3 aliphatic heterocycles. The third-order valence-electron chi connectivity index (χ3n) is 7.65. The normalized spacial score (nSPS) is 21.7. The minimum Gasteiger partial charge on any atom is -0.492 e. The zero-order valence-electron chi connectivity index (χ0n) is 25.1. The van der Waals surface area contributed by atoms with Crippen LogP contribution in [0.2, 0.25) is 0 Å². The fourth-order valence-corrected chi connectivity index (χ4v) is 5.57.